The highest BCUT2D eigenvalue weighted by Gasteiger charge is 2.05. The predicted octanol–water partition coefficient (Wildman–Crippen LogP) is 3.41. The van der Waals surface area contributed by atoms with E-state index in [0.717, 1.165) is 15.8 Å². The molecule has 0 atom stereocenters. The fraction of sp³-hybridized carbons (Fsp3) is 0.0769. The Balaban J connectivity index is 1.80. The Hall–Kier alpha value is -2.01. The molecule has 3 rings (SSSR count). The average Bonchev–Trinajstić information content (AvgIpc) is 2.87. The van der Waals surface area contributed by atoms with Crippen molar-refractivity contribution in [3.63, 3.8) is 0 Å². The summed E-state index contributed by atoms with van der Waals surface area (Å²) in [6, 6.07) is 8.15. The van der Waals surface area contributed by atoms with Gasteiger partial charge in [0.1, 0.15) is 23.6 Å². The van der Waals surface area contributed by atoms with Crippen LogP contribution in [0.3, 0.4) is 0 Å². The van der Waals surface area contributed by atoms with Crippen molar-refractivity contribution in [1.29, 1.82) is 0 Å². The molecular formula is C13H9FN2OS. The quantitative estimate of drug-likeness (QED) is 0.724. The maximum Gasteiger partial charge on any atom is 0.225 e. The maximum absolute atomic E-state index is 12.8. The molecule has 0 aliphatic carbocycles. The zero-order valence-electron chi connectivity index (χ0n) is 9.34. The molecule has 2 heterocycles. The number of rotatable bonds is 3. The van der Waals surface area contributed by atoms with Gasteiger partial charge < -0.3 is 4.74 Å². The molecule has 0 N–H and O–H groups in total. The van der Waals surface area contributed by atoms with Crippen molar-refractivity contribution < 1.29 is 9.13 Å². The van der Waals surface area contributed by atoms with Crippen LogP contribution in [0, 0.1) is 5.82 Å². The minimum Gasteiger partial charge on any atom is -0.472 e. The first kappa shape index (κ1) is 11.1. The van der Waals surface area contributed by atoms with Gasteiger partial charge in [-0.05, 0) is 29.1 Å². The molecular weight excluding hydrogens is 251 g/mol. The summed E-state index contributed by atoms with van der Waals surface area (Å²) in [5.41, 5.74) is 0.901. The van der Waals surface area contributed by atoms with Crippen LogP contribution in [-0.4, -0.2) is 9.97 Å². The summed E-state index contributed by atoms with van der Waals surface area (Å²) in [5, 5.41) is 2.86. The Morgan fingerprint density at radius 1 is 1.11 bits per heavy atom. The van der Waals surface area contributed by atoms with E-state index in [4.69, 9.17) is 4.74 Å². The molecule has 0 unspecified atom stereocenters. The summed E-state index contributed by atoms with van der Waals surface area (Å²) in [7, 11) is 0. The number of ether oxygens (including phenoxy) is 1. The summed E-state index contributed by atoms with van der Waals surface area (Å²) in [5.74, 6) is 0.312. The van der Waals surface area contributed by atoms with Crippen molar-refractivity contribution in [2.24, 2.45) is 0 Å². The molecule has 0 saturated carbocycles. The van der Waals surface area contributed by atoms with E-state index in [1.807, 2.05) is 11.4 Å². The lowest BCUT2D eigenvalue weighted by molar-refractivity contribution is 0.297. The Morgan fingerprint density at radius 2 is 1.94 bits per heavy atom. The first-order valence-corrected chi connectivity index (χ1v) is 6.26. The summed E-state index contributed by atoms with van der Waals surface area (Å²) in [6.07, 6.45) is 1.48. The van der Waals surface area contributed by atoms with Gasteiger partial charge in [0.25, 0.3) is 0 Å². The van der Waals surface area contributed by atoms with Crippen LogP contribution in [0.25, 0.3) is 10.2 Å². The van der Waals surface area contributed by atoms with Crippen molar-refractivity contribution in [3.8, 4) is 5.88 Å². The SMILES string of the molecule is Fc1ccc(COc2ncnc3sccc23)cc1. The van der Waals surface area contributed by atoms with E-state index in [9.17, 15) is 4.39 Å². The van der Waals surface area contributed by atoms with E-state index < -0.39 is 0 Å². The van der Waals surface area contributed by atoms with Crippen LogP contribution >= 0.6 is 11.3 Å². The van der Waals surface area contributed by atoms with Crippen molar-refractivity contribution in [2.75, 3.05) is 0 Å². The second kappa shape index (κ2) is 4.70. The van der Waals surface area contributed by atoms with Gasteiger partial charge in [0, 0.05) is 0 Å². The van der Waals surface area contributed by atoms with Crippen LogP contribution in [0.5, 0.6) is 5.88 Å². The number of fused-ring (bicyclic) bond motifs is 1. The molecule has 0 aliphatic rings. The molecule has 0 fully saturated rings. The molecule has 5 heteroatoms. The molecule has 3 nitrogen and oxygen atoms in total. The molecule has 3 aromatic rings. The van der Waals surface area contributed by atoms with Gasteiger partial charge in [-0.2, -0.15) is 0 Å². The van der Waals surface area contributed by atoms with Crippen LogP contribution in [0.15, 0.2) is 42.0 Å². The second-order valence-corrected chi connectivity index (χ2v) is 4.63. The van der Waals surface area contributed by atoms with Gasteiger partial charge >= 0.3 is 0 Å². The molecule has 0 saturated heterocycles. The molecule has 0 amide bonds. The number of thiophene rings is 1. The van der Waals surface area contributed by atoms with E-state index in [-0.39, 0.29) is 5.82 Å². The number of aromatic nitrogens is 2. The monoisotopic (exact) mass is 260 g/mol. The van der Waals surface area contributed by atoms with Crippen LogP contribution in [0.2, 0.25) is 0 Å². The molecule has 0 spiro atoms. The third kappa shape index (κ3) is 2.17. The lowest BCUT2D eigenvalue weighted by Gasteiger charge is -2.05. The number of hydrogen-bond acceptors (Lipinski definition) is 4. The molecule has 90 valence electrons. The van der Waals surface area contributed by atoms with Gasteiger partial charge in [0.15, 0.2) is 0 Å². The molecule has 0 radical (unpaired) electrons. The Kier molecular flexibility index (Phi) is 2.90. The van der Waals surface area contributed by atoms with Crippen LogP contribution < -0.4 is 4.74 Å². The zero-order chi connectivity index (χ0) is 12.4. The number of nitrogens with zero attached hydrogens (tertiary/aromatic N) is 2. The van der Waals surface area contributed by atoms with E-state index in [2.05, 4.69) is 9.97 Å². The van der Waals surface area contributed by atoms with E-state index in [1.165, 1.54) is 18.5 Å². The van der Waals surface area contributed by atoms with Crippen LogP contribution in [-0.2, 0) is 6.61 Å². The lowest BCUT2D eigenvalue weighted by Crippen LogP contribution is -1.97. The lowest BCUT2D eigenvalue weighted by atomic mass is 10.2. The average molecular weight is 260 g/mol. The Bertz CT molecular complexity index is 666. The zero-order valence-corrected chi connectivity index (χ0v) is 10.2. The van der Waals surface area contributed by atoms with Gasteiger partial charge in [-0.25, -0.2) is 14.4 Å². The standard InChI is InChI=1S/C13H9FN2OS/c14-10-3-1-9(2-4-10)7-17-12-11-5-6-18-13(11)16-8-15-12/h1-6,8H,7H2. The Labute approximate surface area is 107 Å². The smallest absolute Gasteiger partial charge is 0.225 e. The normalized spacial score (nSPS) is 10.7. The molecule has 18 heavy (non-hydrogen) atoms. The van der Waals surface area contributed by atoms with Crippen molar-refractivity contribution in [3.05, 3.63) is 53.4 Å². The highest BCUT2D eigenvalue weighted by atomic mass is 32.1. The predicted molar refractivity (Wildman–Crippen MR) is 68.1 cm³/mol. The Morgan fingerprint density at radius 3 is 2.78 bits per heavy atom. The van der Waals surface area contributed by atoms with Gasteiger partial charge in [-0.1, -0.05) is 12.1 Å². The van der Waals surface area contributed by atoms with Crippen LogP contribution in [0.1, 0.15) is 5.56 Å². The highest BCUT2D eigenvalue weighted by Crippen LogP contribution is 2.25. The van der Waals surface area contributed by atoms with E-state index >= 15 is 0 Å². The van der Waals surface area contributed by atoms with Gasteiger partial charge in [-0.3, -0.25) is 0 Å². The van der Waals surface area contributed by atoms with Gasteiger partial charge in [0.05, 0.1) is 5.39 Å². The van der Waals surface area contributed by atoms with Crippen molar-refractivity contribution in [1.82, 2.24) is 9.97 Å². The minimum absolute atomic E-state index is 0.249. The topological polar surface area (TPSA) is 35.0 Å². The largest absolute Gasteiger partial charge is 0.472 e. The number of hydrogen-bond donors (Lipinski definition) is 0. The molecule has 1 aromatic carbocycles. The fourth-order valence-electron chi connectivity index (χ4n) is 1.61. The summed E-state index contributed by atoms with van der Waals surface area (Å²) < 4.78 is 18.4. The minimum atomic E-state index is -0.249. The third-order valence-corrected chi connectivity index (χ3v) is 3.33. The second-order valence-electron chi connectivity index (χ2n) is 3.73. The van der Waals surface area contributed by atoms with Crippen molar-refractivity contribution >= 4 is 21.6 Å². The molecule has 0 bridgehead atoms. The van der Waals surface area contributed by atoms with E-state index in [1.54, 1.807) is 23.5 Å². The molecule has 2 aromatic heterocycles. The number of halogens is 1. The van der Waals surface area contributed by atoms with Gasteiger partial charge in [0.2, 0.25) is 5.88 Å². The summed E-state index contributed by atoms with van der Waals surface area (Å²) >= 11 is 1.54. The highest BCUT2D eigenvalue weighted by molar-refractivity contribution is 7.16. The number of benzene rings is 1. The molecule has 0 aliphatic heterocycles. The first-order chi connectivity index (χ1) is 8.83. The van der Waals surface area contributed by atoms with Crippen molar-refractivity contribution in [2.45, 2.75) is 6.61 Å². The maximum atomic E-state index is 12.8. The summed E-state index contributed by atoms with van der Waals surface area (Å²) in [4.78, 5) is 9.16. The van der Waals surface area contributed by atoms with Gasteiger partial charge in [-0.15, -0.1) is 11.3 Å². The fourth-order valence-corrected chi connectivity index (χ4v) is 2.34. The summed E-state index contributed by atoms with van der Waals surface area (Å²) in [6.45, 7) is 0.363. The van der Waals surface area contributed by atoms with E-state index in [0.29, 0.717) is 12.5 Å². The van der Waals surface area contributed by atoms with Crippen LogP contribution in [0.4, 0.5) is 4.39 Å². The third-order valence-electron chi connectivity index (χ3n) is 2.51. The first-order valence-electron chi connectivity index (χ1n) is 5.38.